The van der Waals surface area contributed by atoms with Crippen LogP contribution >= 0.6 is 0 Å². The van der Waals surface area contributed by atoms with Gasteiger partial charge in [-0.1, -0.05) is 42.0 Å². The van der Waals surface area contributed by atoms with Crippen molar-refractivity contribution in [3.63, 3.8) is 0 Å². The van der Waals surface area contributed by atoms with E-state index in [9.17, 15) is 22.6 Å². The summed E-state index contributed by atoms with van der Waals surface area (Å²) in [4.78, 5) is 25.0. The Morgan fingerprint density at radius 3 is 2.55 bits per heavy atom. The zero-order chi connectivity index (χ0) is 20.8. The number of benzene rings is 3. The van der Waals surface area contributed by atoms with Gasteiger partial charge in [-0.25, -0.2) is 4.79 Å². The van der Waals surface area contributed by atoms with Gasteiger partial charge in [0, 0.05) is 23.9 Å². The Kier molecular flexibility index (Phi) is 4.60. The molecule has 2 N–H and O–H groups in total. The van der Waals surface area contributed by atoms with Crippen LogP contribution in [0.15, 0.2) is 59.5 Å². The highest BCUT2D eigenvalue weighted by atomic mass is 32.2. The molecule has 4 rings (SSSR count). The SMILES string of the molecule is Cc1ccc(S(=O)(=O)O)c(-c2ccc3c(N4CCC(=O)NC4=O)cccc3c2)c1. The molecule has 7 nitrogen and oxygen atoms in total. The van der Waals surface area contributed by atoms with Crippen molar-refractivity contribution in [3.05, 3.63) is 60.2 Å². The van der Waals surface area contributed by atoms with E-state index >= 15 is 0 Å². The summed E-state index contributed by atoms with van der Waals surface area (Å²) in [6, 6.07) is 15.1. The van der Waals surface area contributed by atoms with Gasteiger partial charge in [0.15, 0.2) is 0 Å². The number of anilines is 1. The Hall–Kier alpha value is -3.23. The summed E-state index contributed by atoms with van der Waals surface area (Å²) in [6.07, 6.45) is 0.223. The molecule has 0 spiro atoms. The zero-order valence-corrected chi connectivity index (χ0v) is 16.4. The van der Waals surface area contributed by atoms with E-state index < -0.39 is 16.1 Å². The van der Waals surface area contributed by atoms with Crippen molar-refractivity contribution < 1.29 is 22.6 Å². The highest BCUT2D eigenvalue weighted by molar-refractivity contribution is 7.86. The van der Waals surface area contributed by atoms with Crippen molar-refractivity contribution in [2.45, 2.75) is 18.2 Å². The molecule has 0 aromatic heterocycles. The topological polar surface area (TPSA) is 104 Å². The molecule has 29 heavy (non-hydrogen) atoms. The van der Waals surface area contributed by atoms with Crippen LogP contribution in [0, 0.1) is 6.92 Å². The summed E-state index contributed by atoms with van der Waals surface area (Å²) in [5, 5.41) is 3.91. The van der Waals surface area contributed by atoms with Gasteiger partial charge in [0.25, 0.3) is 10.1 Å². The van der Waals surface area contributed by atoms with Crippen LogP contribution in [0.2, 0.25) is 0 Å². The number of fused-ring (bicyclic) bond motifs is 1. The molecule has 1 aliphatic rings. The number of amides is 3. The van der Waals surface area contributed by atoms with Gasteiger partial charge in [-0.2, -0.15) is 8.42 Å². The van der Waals surface area contributed by atoms with Crippen LogP contribution < -0.4 is 10.2 Å². The Morgan fingerprint density at radius 2 is 1.83 bits per heavy atom. The molecule has 0 bridgehead atoms. The first-order valence-corrected chi connectivity index (χ1v) is 10.4. The summed E-state index contributed by atoms with van der Waals surface area (Å²) in [5.74, 6) is -0.300. The smallest absolute Gasteiger partial charge is 0.293 e. The number of rotatable bonds is 3. The number of imide groups is 1. The lowest BCUT2D eigenvalue weighted by molar-refractivity contribution is -0.120. The van der Waals surface area contributed by atoms with Crippen LogP contribution in [-0.4, -0.2) is 31.5 Å². The first kappa shape index (κ1) is 19.1. The minimum Gasteiger partial charge on any atom is -0.293 e. The van der Waals surface area contributed by atoms with E-state index in [1.165, 1.54) is 11.0 Å². The Labute approximate surface area is 167 Å². The molecular formula is C21H18N2O5S. The molecule has 0 radical (unpaired) electrons. The third kappa shape index (κ3) is 3.59. The summed E-state index contributed by atoms with van der Waals surface area (Å²) in [6.45, 7) is 2.13. The molecule has 0 saturated carbocycles. The maximum atomic E-state index is 12.2. The molecule has 3 amide bonds. The Balaban J connectivity index is 1.85. The predicted octanol–water partition coefficient (Wildman–Crippen LogP) is 3.51. The Morgan fingerprint density at radius 1 is 1.03 bits per heavy atom. The maximum absolute atomic E-state index is 12.2. The van der Waals surface area contributed by atoms with Gasteiger partial charge in [0.1, 0.15) is 4.90 Å². The quantitative estimate of drug-likeness (QED) is 0.643. The third-order valence-electron chi connectivity index (χ3n) is 4.93. The number of carbonyl (C=O) groups excluding carboxylic acids is 2. The average Bonchev–Trinajstić information content (AvgIpc) is 2.66. The fraction of sp³-hybridized carbons (Fsp3) is 0.143. The minimum atomic E-state index is -4.38. The van der Waals surface area contributed by atoms with E-state index in [-0.39, 0.29) is 23.8 Å². The van der Waals surface area contributed by atoms with E-state index in [2.05, 4.69) is 5.32 Å². The molecule has 0 atom stereocenters. The number of carbonyl (C=O) groups is 2. The highest BCUT2D eigenvalue weighted by Gasteiger charge is 2.25. The lowest BCUT2D eigenvalue weighted by Gasteiger charge is -2.27. The lowest BCUT2D eigenvalue weighted by atomic mass is 9.98. The first-order valence-electron chi connectivity index (χ1n) is 8.97. The summed E-state index contributed by atoms with van der Waals surface area (Å²) >= 11 is 0. The second kappa shape index (κ2) is 6.98. The van der Waals surface area contributed by atoms with Gasteiger partial charge in [0.2, 0.25) is 5.91 Å². The van der Waals surface area contributed by atoms with Crippen molar-refractivity contribution in [1.29, 1.82) is 0 Å². The van der Waals surface area contributed by atoms with E-state index in [4.69, 9.17) is 0 Å². The molecular weight excluding hydrogens is 392 g/mol. The molecule has 0 unspecified atom stereocenters. The number of urea groups is 1. The van der Waals surface area contributed by atoms with Crippen molar-refractivity contribution in [3.8, 4) is 11.1 Å². The fourth-order valence-electron chi connectivity index (χ4n) is 3.56. The number of hydrogen-bond acceptors (Lipinski definition) is 4. The number of hydrogen-bond donors (Lipinski definition) is 2. The van der Waals surface area contributed by atoms with Crippen LogP contribution in [0.3, 0.4) is 0 Å². The molecule has 0 aliphatic carbocycles. The Bertz CT molecular complexity index is 1270. The van der Waals surface area contributed by atoms with E-state index in [0.717, 1.165) is 16.3 Å². The normalized spacial score (nSPS) is 14.9. The molecule has 1 fully saturated rings. The summed E-state index contributed by atoms with van der Waals surface area (Å²) < 4.78 is 33.2. The molecule has 1 saturated heterocycles. The number of nitrogens with zero attached hydrogens (tertiary/aromatic N) is 1. The molecule has 8 heteroatoms. The van der Waals surface area contributed by atoms with Gasteiger partial charge in [-0.3, -0.25) is 19.6 Å². The zero-order valence-electron chi connectivity index (χ0n) is 15.5. The number of nitrogens with one attached hydrogen (secondary N) is 1. The predicted molar refractivity (Wildman–Crippen MR) is 109 cm³/mol. The standard InChI is InChI=1S/C21H18N2O5S/c1-13-5-8-19(29(26,27)28)17(11-13)15-6-7-16-14(12-15)3-2-4-18(16)23-10-9-20(24)22-21(23)25/h2-8,11-12H,9-10H2,1H3,(H,22,24,25)(H,26,27,28). The van der Waals surface area contributed by atoms with Crippen LogP contribution in [-0.2, 0) is 14.9 Å². The van der Waals surface area contributed by atoms with Crippen molar-refractivity contribution >= 4 is 38.5 Å². The number of aryl methyl sites for hydroxylation is 1. The van der Waals surface area contributed by atoms with Gasteiger partial charge in [-0.15, -0.1) is 0 Å². The van der Waals surface area contributed by atoms with Crippen LogP contribution in [0.25, 0.3) is 21.9 Å². The molecule has 1 aliphatic heterocycles. The van der Waals surface area contributed by atoms with Crippen molar-refractivity contribution in [1.82, 2.24) is 5.32 Å². The van der Waals surface area contributed by atoms with E-state index in [1.807, 2.05) is 19.1 Å². The van der Waals surface area contributed by atoms with Crippen molar-refractivity contribution in [2.24, 2.45) is 0 Å². The van der Waals surface area contributed by atoms with Gasteiger partial charge >= 0.3 is 6.03 Å². The van der Waals surface area contributed by atoms with Gasteiger partial charge < -0.3 is 0 Å². The van der Waals surface area contributed by atoms with Crippen molar-refractivity contribution in [2.75, 3.05) is 11.4 Å². The highest BCUT2D eigenvalue weighted by Crippen LogP contribution is 2.34. The molecule has 3 aromatic rings. The molecule has 1 heterocycles. The first-order chi connectivity index (χ1) is 13.7. The minimum absolute atomic E-state index is 0.160. The summed E-state index contributed by atoms with van der Waals surface area (Å²) in [5.41, 5.74) is 2.56. The lowest BCUT2D eigenvalue weighted by Crippen LogP contribution is -2.49. The van der Waals surface area contributed by atoms with Crippen LogP contribution in [0.4, 0.5) is 10.5 Å². The maximum Gasteiger partial charge on any atom is 0.328 e. The largest absolute Gasteiger partial charge is 0.328 e. The van der Waals surface area contributed by atoms with Gasteiger partial charge in [-0.05, 0) is 36.1 Å². The average molecular weight is 410 g/mol. The van der Waals surface area contributed by atoms with Crippen LogP contribution in [0.5, 0.6) is 0 Å². The molecule has 148 valence electrons. The third-order valence-corrected chi connectivity index (χ3v) is 5.84. The fourth-order valence-corrected chi connectivity index (χ4v) is 4.25. The monoisotopic (exact) mass is 410 g/mol. The summed E-state index contributed by atoms with van der Waals surface area (Å²) in [7, 11) is -4.38. The molecule has 3 aromatic carbocycles. The van der Waals surface area contributed by atoms with Gasteiger partial charge in [0.05, 0.1) is 5.69 Å². The van der Waals surface area contributed by atoms with Crippen LogP contribution in [0.1, 0.15) is 12.0 Å². The second-order valence-electron chi connectivity index (χ2n) is 6.94. The second-order valence-corrected chi connectivity index (χ2v) is 8.33. The van der Waals surface area contributed by atoms with E-state index in [0.29, 0.717) is 16.8 Å². The van der Waals surface area contributed by atoms with E-state index in [1.54, 1.807) is 36.4 Å².